The van der Waals surface area contributed by atoms with Gasteiger partial charge >= 0.3 is 0 Å². The molecule has 0 aromatic rings. The summed E-state index contributed by atoms with van der Waals surface area (Å²) in [6, 6.07) is 0. The van der Waals surface area contributed by atoms with Crippen LogP contribution in [0.3, 0.4) is 0 Å². The molecule has 0 amide bonds. The van der Waals surface area contributed by atoms with Crippen LogP contribution in [0.4, 0.5) is 0 Å². The van der Waals surface area contributed by atoms with Gasteiger partial charge in [0.2, 0.25) is 0 Å². The lowest BCUT2D eigenvalue weighted by atomic mass is 9.76. The number of carbonyl (C=O) groups is 1. The van der Waals surface area contributed by atoms with Gasteiger partial charge in [-0.25, -0.2) is 0 Å². The molecule has 2 aliphatic carbocycles. The number of carbonyl (C=O) groups excluding carboxylic acids is 1. The Hall–Kier alpha value is -0.370. The van der Waals surface area contributed by atoms with Crippen LogP contribution < -0.4 is 0 Å². The maximum Gasteiger partial charge on any atom is 0.167 e. The zero-order valence-corrected chi connectivity index (χ0v) is 8.25. The molecule has 2 nitrogen and oxygen atoms in total. The van der Waals surface area contributed by atoms with Crippen molar-refractivity contribution in [3.63, 3.8) is 0 Å². The molecule has 2 heteroatoms. The van der Waals surface area contributed by atoms with Crippen molar-refractivity contribution >= 4 is 5.78 Å². The van der Waals surface area contributed by atoms with E-state index in [4.69, 9.17) is 0 Å². The van der Waals surface area contributed by atoms with Crippen LogP contribution >= 0.6 is 0 Å². The summed E-state index contributed by atoms with van der Waals surface area (Å²) in [5, 5.41) is 10.1. The average molecular weight is 182 g/mol. The van der Waals surface area contributed by atoms with E-state index >= 15 is 0 Å². The molecule has 0 aliphatic heterocycles. The molecule has 2 fully saturated rings. The van der Waals surface area contributed by atoms with Crippen LogP contribution in [0.25, 0.3) is 0 Å². The normalized spacial score (nSPS) is 40.3. The van der Waals surface area contributed by atoms with Crippen molar-refractivity contribution in [2.24, 2.45) is 11.8 Å². The molecular weight excluding hydrogens is 164 g/mol. The Kier molecular flexibility index (Phi) is 2.18. The molecule has 0 aromatic heterocycles. The number of aliphatic hydroxyl groups is 1. The van der Waals surface area contributed by atoms with Gasteiger partial charge < -0.3 is 5.11 Å². The molecule has 0 bridgehead atoms. The first-order chi connectivity index (χ1) is 6.12. The zero-order chi connectivity index (χ0) is 9.47. The summed E-state index contributed by atoms with van der Waals surface area (Å²) in [5.41, 5.74) is -0.937. The minimum Gasteiger partial charge on any atom is -0.382 e. The third-order valence-electron chi connectivity index (χ3n) is 3.51. The topological polar surface area (TPSA) is 37.3 Å². The van der Waals surface area contributed by atoms with Crippen molar-refractivity contribution in [1.82, 2.24) is 0 Å². The molecule has 0 radical (unpaired) electrons. The van der Waals surface area contributed by atoms with E-state index in [1.165, 1.54) is 0 Å². The highest BCUT2D eigenvalue weighted by Gasteiger charge is 2.45. The number of hydrogen-bond acceptors (Lipinski definition) is 2. The molecule has 2 aliphatic rings. The second-order valence-corrected chi connectivity index (χ2v) is 4.85. The Morgan fingerprint density at radius 3 is 2.23 bits per heavy atom. The zero-order valence-electron chi connectivity index (χ0n) is 8.25. The van der Waals surface area contributed by atoms with Crippen LogP contribution in [0.2, 0.25) is 0 Å². The smallest absolute Gasteiger partial charge is 0.167 e. The molecule has 0 saturated heterocycles. The van der Waals surface area contributed by atoms with Crippen molar-refractivity contribution in [3.8, 4) is 0 Å². The summed E-state index contributed by atoms with van der Waals surface area (Å²) in [6.45, 7) is 2.20. The first-order valence-corrected chi connectivity index (χ1v) is 5.38. The molecule has 13 heavy (non-hydrogen) atoms. The van der Waals surface area contributed by atoms with Crippen molar-refractivity contribution in [1.29, 1.82) is 0 Å². The number of Topliss-reactive ketones (excluding diaryl/α,β-unsaturated/α-hetero) is 1. The molecule has 0 heterocycles. The number of ketones is 1. The molecule has 0 atom stereocenters. The second-order valence-electron chi connectivity index (χ2n) is 4.85. The van der Waals surface area contributed by atoms with E-state index in [0.29, 0.717) is 18.8 Å². The van der Waals surface area contributed by atoms with Crippen LogP contribution in [0.5, 0.6) is 0 Å². The standard InChI is InChI=1S/C11H18O2/c1-8-4-6-11(13,7-5-8)10(12)9-2-3-9/h8-9,13H,2-7H2,1H3. The lowest BCUT2D eigenvalue weighted by molar-refractivity contribution is -0.142. The summed E-state index contributed by atoms with van der Waals surface area (Å²) in [7, 11) is 0. The highest BCUT2D eigenvalue weighted by atomic mass is 16.3. The average Bonchev–Trinajstić information content (AvgIpc) is 2.92. The first-order valence-electron chi connectivity index (χ1n) is 5.38. The van der Waals surface area contributed by atoms with Crippen LogP contribution in [-0.2, 0) is 4.79 Å². The Morgan fingerprint density at radius 1 is 1.23 bits per heavy atom. The third-order valence-corrected chi connectivity index (χ3v) is 3.51. The fourth-order valence-electron chi connectivity index (χ4n) is 2.21. The summed E-state index contributed by atoms with van der Waals surface area (Å²) >= 11 is 0. The van der Waals surface area contributed by atoms with Gasteiger partial charge in [-0.05, 0) is 44.4 Å². The van der Waals surface area contributed by atoms with Gasteiger partial charge in [-0.1, -0.05) is 6.92 Å². The third kappa shape index (κ3) is 1.78. The van der Waals surface area contributed by atoms with Gasteiger partial charge in [0.1, 0.15) is 5.60 Å². The van der Waals surface area contributed by atoms with E-state index in [1.54, 1.807) is 0 Å². The van der Waals surface area contributed by atoms with Gasteiger partial charge in [-0.2, -0.15) is 0 Å². The molecule has 1 N–H and O–H groups in total. The van der Waals surface area contributed by atoms with Crippen LogP contribution in [0.1, 0.15) is 45.4 Å². The number of rotatable bonds is 2. The first kappa shape index (κ1) is 9.20. The van der Waals surface area contributed by atoms with Gasteiger partial charge in [0.25, 0.3) is 0 Å². The van der Waals surface area contributed by atoms with Crippen molar-refractivity contribution in [2.75, 3.05) is 0 Å². The van der Waals surface area contributed by atoms with Crippen molar-refractivity contribution < 1.29 is 9.90 Å². The maximum absolute atomic E-state index is 11.7. The number of hydrogen-bond donors (Lipinski definition) is 1. The van der Waals surface area contributed by atoms with E-state index in [-0.39, 0.29) is 11.7 Å². The summed E-state index contributed by atoms with van der Waals surface area (Å²) in [5.74, 6) is 1.03. The molecule has 0 spiro atoms. The van der Waals surface area contributed by atoms with Crippen LogP contribution in [0.15, 0.2) is 0 Å². The monoisotopic (exact) mass is 182 g/mol. The van der Waals surface area contributed by atoms with Gasteiger partial charge in [0.15, 0.2) is 5.78 Å². The fourth-order valence-corrected chi connectivity index (χ4v) is 2.21. The van der Waals surface area contributed by atoms with Crippen molar-refractivity contribution in [2.45, 2.75) is 51.0 Å². The lowest BCUT2D eigenvalue weighted by Crippen LogP contribution is -2.42. The molecular formula is C11H18O2. The molecule has 0 unspecified atom stereocenters. The maximum atomic E-state index is 11.7. The largest absolute Gasteiger partial charge is 0.382 e. The second kappa shape index (κ2) is 3.09. The molecule has 0 aromatic carbocycles. The Morgan fingerprint density at radius 2 is 1.77 bits per heavy atom. The lowest BCUT2D eigenvalue weighted by Gasteiger charge is -2.33. The minimum atomic E-state index is -0.937. The van der Waals surface area contributed by atoms with Crippen LogP contribution in [0, 0.1) is 11.8 Å². The highest BCUT2D eigenvalue weighted by Crippen LogP contribution is 2.40. The van der Waals surface area contributed by atoms with Crippen LogP contribution in [-0.4, -0.2) is 16.5 Å². The molecule has 74 valence electrons. The predicted octanol–water partition coefficient (Wildman–Crippen LogP) is 1.91. The predicted molar refractivity (Wildman–Crippen MR) is 50.3 cm³/mol. The van der Waals surface area contributed by atoms with E-state index < -0.39 is 5.60 Å². The molecule has 2 rings (SSSR count). The van der Waals surface area contributed by atoms with Gasteiger partial charge in [0, 0.05) is 5.92 Å². The van der Waals surface area contributed by atoms with E-state index in [0.717, 1.165) is 25.7 Å². The Balaban J connectivity index is 1.98. The summed E-state index contributed by atoms with van der Waals surface area (Å²) in [4.78, 5) is 11.7. The van der Waals surface area contributed by atoms with Gasteiger partial charge in [0.05, 0.1) is 0 Å². The summed E-state index contributed by atoms with van der Waals surface area (Å²) < 4.78 is 0. The van der Waals surface area contributed by atoms with E-state index in [9.17, 15) is 9.90 Å². The SMILES string of the molecule is CC1CCC(O)(C(=O)C2CC2)CC1. The van der Waals surface area contributed by atoms with E-state index in [2.05, 4.69) is 6.92 Å². The highest BCUT2D eigenvalue weighted by molar-refractivity contribution is 5.91. The Labute approximate surface area is 79.3 Å². The van der Waals surface area contributed by atoms with Gasteiger partial charge in [-0.3, -0.25) is 4.79 Å². The van der Waals surface area contributed by atoms with E-state index in [1.807, 2.05) is 0 Å². The minimum absolute atomic E-state index is 0.138. The fraction of sp³-hybridized carbons (Fsp3) is 0.909. The van der Waals surface area contributed by atoms with Gasteiger partial charge in [-0.15, -0.1) is 0 Å². The summed E-state index contributed by atoms with van der Waals surface area (Å²) in [6.07, 6.45) is 5.43. The Bertz CT molecular complexity index is 210. The molecule has 2 saturated carbocycles. The van der Waals surface area contributed by atoms with Crippen molar-refractivity contribution in [3.05, 3.63) is 0 Å². The quantitative estimate of drug-likeness (QED) is 0.708.